The molecule has 0 unspecified atom stereocenters. The maximum atomic E-state index is 10.5. The molecule has 1 aliphatic carbocycles. The zero-order valence-electron chi connectivity index (χ0n) is 13.1. The van der Waals surface area contributed by atoms with Crippen LogP contribution >= 0.6 is 0 Å². The Hall–Kier alpha value is -1.62. The van der Waals surface area contributed by atoms with Gasteiger partial charge in [-0.25, -0.2) is 4.98 Å². The molecule has 2 heterocycles. The monoisotopic (exact) mass is 288 g/mol. The third-order valence-electron chi connectivity index (χ3n) is 4.57. The summed E-state index contributed by atoms with van der Waals surface area (Å²) in [6, 6.07) is 3.99. The van der Waals surface area contributed by atoms with E-state index in [1.807, 2.05) is 37.4 Å². The normalized spacial score (nSPS) is 26.2. The standard InChI is InChI=1S/C16H24N4O/c1-11-8-14(20-15(18-11)9-12(2)19-20)17-10-13-6-4-5-7-16(13,3)21/h8-9,13,17,21H,4-7,10H2,1-3H3/t13-,16-/m1/s1. The average Bonchev–Trinajstić information content (AvgIpc) is 2.77. The molecule has 3 rings (SSSR count). The lowest BCUT2D eigenvalue weighted by molar-refractivity contribution is -0.0261. The van der Waals surface area contributed by atoms with Crippen molar-refractivity contribution < 1.29 is 5.11 Å². The Morgan fingerprint density at radius 3 is 2.90 bits per heavy atom. The van der Waals surface area contributed by atoms with Crippen molar-refractivity contribution in [1.29, 1.82) is 0 Å². The number of nitrogens with one attached hydrogen (secondary N) is 1. The topological polar surface area (TPSA) is 62.5 Å². The second-order valence-corrected chi connectivity index (χ2v) is 6.52. The largest absolute Gasteiger partial charge is 0.390 e. The van der Waals surface area contributed by atoms with E-state index in [-0.39, 0.29) is 5.92 Å². The maximum Gasteiger partial charge on any atom is 0.157 e. The summed E-state index contributed by atoms with van der Waals surface area (Å²) in [5.74, 6) is 1.23. The highest BCUT2D eigenvalue weighted by Crippen LogP contribution is 2.33. The predicted molar refractivity (Wildman–Crippen MR) is 83.5 cm³/mol. The molecule has 21 heavy (non-hydrogen) atoms. The number of aryl methyl sites for hydroxylation is 2. The van der Waals surface area contributed by atoms with E-state index in [9.17, 15) is 5.11 Å². The van der Waals surface area contributed by atoms with Crippen LogP contribution in [0.15, 0.2) is 12.1 Å². The van der Waals surface area contributed by atoms with Crippen molar-refractivity contribution in [1.82, 2.24) is 14.6 Å². The lowest BCUT2D eigenvalue weighted by Gasteiger charge is -2.37. The molecule has 1 aliphatic rings. The van der Waals surface area contributed by atoms with Gasteiger partial charge >= 0.3 is 0 Å². The van der Waals surface area contributed by atoms with Crippen LogP contribution in [0.3, 0.4) is 0 Å². The Kier molecular flexibility index (Phi) is 3.61. The fourth-order valence-electron chi connectivity index (χ4n) is 3.28. The fraction of sp³-hybridized carbons (Fsp3) is 0.625. The van der Waals surface area contributed by atoms with E-state index in [1.165, 1.54) is 6.42 Å². The minimum Gasteiger partial charge on any atom is -0.390 e. The van der Waals surface area contributed by atoms with E-state index in [2.05, 4.69) is 15.4 Å². The molecule has 0 aliphatic heterocycles. The zero-order valence-corrected chi connectivity index (χ0v) is 13.1. The summed E-state index contributed by atoms with van der Waals surface area (Å²) >= 11 is 0. The summed E-state index contributed by atoms with van der Waals surface area (Å²) in [7, 11) is 0. The SMILES string of the molecule is Cc1cc(NC[C@H]2CCCC[C@@]2(C)O)n2nc(C)cc2n1. The Balaban J connectivity index is 1.81. The number of fused-ring (bicyclic) bond motifs is 1. The van der Waals surface area contributed by atoms with Gasteiger partial charge in [0.05, 0.1) is 11.3 Å². The van der Waals surface area contributed by atoms with Crippen molar-refractivity contribution in [2.45, 2.75) is 52.1 Å². The molecule has 5 heteroatoms. The molecule has 5 nitrogen and oxygen atoms in total. The molecule has 0 saturated heterocycles. The van der Waals surface area contributed by atoms with E-state index in [1.54, 1.807) is 0 Å². The number of anilines is 1. The van der Waals surface area contributed by atoms with E-state index >= 15 is 0 Å². The Bertz CT molecular complexity index is 647. The lowest BCUT2D eigenvalue weighted by Crippen LogP contribution is -2.41. The molecule has 0 bridgehead atoms. The highest BCUT2D eigenvalue weighted by atomic mass is 16.3. The maximum absolute atomic E-state index is 10.5. The van der Waals surface area contributed by atoms with Crippen LogP contribution in [0, 0.1) is 19.8 Å². The van der Waals surface area contributed by atoms with Gasteiger partial charge in [0.25, 0.3) is 0 Å². The van der Waals surface area contributed by atoms with E-state index in [4.69, 9.17) is 0 Å². The molecular formula is C16H24N4O. The van der Waals surface area contributed by atoms with Crippen LogP contribution in [0.1, 0.15) is 44.0 Å². The first-order valence-electron chi connectivity index (χ1n) is 7.76. The molecular weight excluding hydrogens is 264 g/mol. The number of hydrogen-bond acceptors (Lipinski definition) is 4. The molecule has 2 atom stereocenters. The second kappa shape index (κ2) is 5.30. The van der Waals surface area contributed by atoms with Crippen LogP contribution in [0.4, 0.5) is 5.82 Å². The zero-order chi connectivity index (χ0) is 15.0. The number of rotatable bonds is 3. The van der Waals surface area contributed by atoms with Crippen molar-refractivity contribution in [2.24, 2.45) is 5.92 Å². The summed E-state index contributed by atoms with van der Waals surface area (Å²) in [5.41, 5.74) is 2.23. The van der Waals surface area contributed by atoms with Crippen molar-refractivity contribution in [3.05, 3.63) is 23.5 Å². The second-order valence-electron chi connectivity index (χ2n) is 6.52. The van der Waals surface area contributed by atoms with Crippen LogP contribution in [0.25, 0.3) is 5.65 Å². The van der Waals surface area contributed by atoms with Crippen LogP contribution in [0.2, 0.25) is 0 Å². The van der Waals surface area contributed by atoms with Gasteiger partial charge in [-0.1, -0.05) is 12.8 Å². The molecule has 0 amide bonds. The molecule has 1 fully saturated rings. The van der Waals surface area contributed by atoms with Gasteiger partial charge in [-0.2, -0.15) is 9.61 Å². The van der Waals surface area contributed by atoms with Gasteiger partial charge in [-0.15, -0.1) is 0 Å². The van der Waals surface area contributed by atoms with E-state index in [0.29, 0.717) is 0 Å². The van der Waals surface area contributed by atoms with Gasteiger partial charge in [0, 0.05) is 30.3 Å². The van der Waals surface area contributed by atoms with Gasteiger partial charge in [-0.05, 0) is 33.6 Å². The number of nitrogens with zero attached hydrogens (tertiary/aromatic N) is 3. The molecule has 0 aromatic carbocycles. The summed E-state index contributed by atoms with van der Waals surface area (Å²) in [6.45, 7) is 6.69. The molecule has 2 aromatic heterocycles. The first kappa shape index (κ1) is 14.3. The van der Waals surface area contributed by atoms with Crippen LogP contribution in [-0.4, -0.2) is 31.9 Å². The van der Waals surface area contributed by atoms with Crippen LogP contribution in [0.5, 0.6) is 0 Å². The minimum absolute atomic E-state index is 0.284. The third kappa shape index (κ3) is 2.88. The molecule has 2 N–H and O–H groups in total. The van der Waals surface area contributed by atoms with E-state index in [0.717, 1.165) is 48.7 Å². The van der Waals surface area contributed by atoms with Gasteiger partial charge in [0.2, 0.25) is 0 Å². The molecule has 2 aromatic rings. The van der Waals surface area contributed by atoms with Gasteiger partial charge in [0.15, 0.2) is 5.65 Å². The van der Waals surface area contributed by atoms with Crippen molar-refractivity contribution in [3.8, 4) is 0 Å². The van der Waals surface area contributed by atoms with Gasteiger partial charge in [0.1, 0.15) is 5.82 Å². The fourth-order valence-corrected chi connectivity index (χ4v) is 3.28. The van der Waals surface area contributed by atoms with E-state index < -0.39 is 5.60 Å². The van der Waals surface area contributed by atoms with Crippen molar-refractivity contribution in [3.63, 3.8) is 0 Å². The minimum atomic E-state index is -0.563. The average molecular weight is 288 g/mol. The number of hydrogen-bond donors (Lipinski definition) is 2. The lowest BCUT2D eigenvalue weighted by atomic mass is 9.76. The van der Waals surface area contributed by atoms with Crippen molar-refractivity contribution in [2.75, 3.05) is 11.9 Å². The Morgan fingerprint density at radius 2 is 2.14 bits per heavy atom. The summed E-state index contributed by atoms with van der Waals surface area (Å²) in [5, 5.41) is 18.5. The first-order valence-corrected chi connectivity index (χ1v) is 7.76. The molecule has 1 saturated carbocycles. The van der Waals surface area contributed by atoms with Crippen LogP contribution < -0.4 is 5.32 Å². The number of aromatic nitrogens is 3. The van der Waals surface area contributed by atoms with Gasteiger partial charge in [-0.3, -0.25) is 0 Å². The first-order chi connectivity index (χ1) is 9.95. The highest BCUT2D eigenvalue weighted by Gasteiger charge is 2.34. The third-order valence-corrected chi connectivity index (χ3v) is 4.57. The summed E-state index contributed by atoms with van der Waals surface area (Å²) < 4.78 is 1.85. The highest BCUT2D eigenvalue weighted by molar-refractivity contribution is 5.50. The molecule has 0 spiro atoms. The summed E-state index contributed by atoms with van der Waals surface area (Å²) in [6.07, 6.45) is 4.30. The molecule has 114 valence electrons. The Morgan fingerprint density at radius 1 is 1.33 bits per heavy atom. The Labute approximate surface area is 125 Å². The molecule has 0 radical (unpaired) electrons. The van der Waals surface area contributed by atoms with Crippen LogP contribution in [-0.2, 0) is 0 Å². The number of aliphatic hydroxyl groups is 1. The van der Waals surface area contributed by atoms with Gasteiger partial charge < -0.3 is 10.4 Å². The predicted octanol–water partition coefficient (Wildman–Crippen LogP) is 2.70. The summed E-state index contributed by atoms with van der Waals surface area (Å²) in [4.78, 5) is 4.49. The quantitative estimate of drug-likeness (QED) is 0.911. The van der Waals surface area contributed by atoms with Crippen molar-refractivity contribution >= 4 is 11.5 Å². The smallest absolute Gasteiger partial charge is 0.157 e.